The number of urea groups is 1. The lowest BCUT2D eigenvalue weighted by Gasteiger charge is -2.32. The molecule has 0 radical (unpaired) electrons. The van der Waals surface area contributed by atoms with Crippen LogP contribution >= 0.6 is 0 Å². The van der Waals surface area contributed by atoms with E-state index in [0.717, 1.165) is 6.54 Å². The largest absolute Gasteiger partial charge is 0.481 e. The van der Waals surface area contributed by atoms with Crippen molar-refractivity contribution in [2.24, 2.45) is 0 Å². The number of carbonyl (C=O) groups is 2. The molecule has 0 saturated carbocycles. The van der Waals surface area contributed by atoms with Crippen LogP contribution in [0, 0.1) is 0 Å². The summed E-state index contributed by atoms with van der Waals surface area (Å²) < 4.78 is 10.7. The second kappa shape index (κ2) is 9.54. The molecular formula is C13H25N3O5. The molecule has 2 N–H and O–H groups in total. The van der Waals surface area contributed by atoms with Gasteiger partial charge >= 0.3 is 12.0 Å². The summed E-state index contributed by atoms with van der Waals surface area (Å²) in [6.45, 7) is 3.51. The molecule has 1 atom stereocenters. The summed E-state index contributed by atoms with van der Waals surface area (Å²) in [5, 5.41) is 11.5. The van der Waals surface area contributed by atoms with Crippen LogP contribution in [0.1, 0.15) is 6.42 Å². The Labute approximate surface area is 125 Å². The van der Waals surface area contributed by atoms with Gasteiger partial charge in [-0.2, -0.15) is 0 Å². The van der Waals surface area contributed by atoms with E-state index in [1.165, 1.54) is 0 Å². The number of amides is 2. The van der Waals surface area contributed by atoms with Gasteiger partial charge in [0.1, 0.15) is 0 Å². The summed E-state index contributed by atoms with van der Waals surface area (Å²) in [6.07, 6.45) is -0.518. The fraction of sp³-hybridized carbons (Fsp3) is 0.846. The van der Waals surface area contributed by atoms with Crippen LogP contribution in [-0.2, 0) is 14.3 Å². The maximum Gasteiger partial charge on any atom is 0.317 e. The van der Waals surface area contributed by atoms with Gasteiger partial charge in [0.2, 0.25) is 0 Å². The summed E-state index contributed by atoms with van der Waals surface area (Å²) in [6, 6.07) is -0.204. The quantitative estimate of drug-likeness (QED) is 0.585. The van der Waals surface area contributed by atoms with Gasteiger partial charge in [0.25, 0.3) is 0 Å². The Hall–Kier alpha value is -1.38. The molecule has 1 heterocycles. The van der Waals surface area contributed by atoms with Crippen LogP contribution < -0.4 is 5.32 Å². The lowest BCUT2D eigenvalue weighted by atomic mass is 10.2. The molecule has 1 unspecified atom stereocenters. The minimum absolute atomic E-state index is 0.0859. The van der Waals surface area contributed by atoms with E-state index in [-0.39, 0.29) is 12.5 Å². The smallest absolute Gasteiger partial charge is 0.317 e. The molecular weight excluding hydrogens is 278 g/mol. The van der Waals surface area contributed by atoms with Crippen LogP contribution in [0.25, 0.3) is 0 Å². The standard InChI is InChI=1S/C13H25N3O5/c1-15(2)4-7-20-6-3-14-13(19)16-5-8-21-11(10-16)9-12(17)18/h11H,3-10H2,1-2H3,(H,14,19)(H,17,18). The van der Waals surface area contributed by atoms with Gasteiger partial charge in [-0.15, -0.1) is 0 Å². The van der Waals surface area contributed by atoms with Crippen LogP contribution in [0.5, 0.6) is 0 Å². The number of hydrogen-bond acceptors (Lipinski definition) is 5. The molecule has 1 saturated heterocycles. The van der Waals surface area contributed by atoms with Crippen molar-refractivity contribution < 1.29 is 24.2 Å². The first kappa shape index (κ1) is 17.7. The lowest BCUT2D eigenvalue weighted by molar-refractivity contribution is -0.141. The minimum Gasteiger partial charge on any atom is -0.481 e. The SMILES string of the molecule is CN(C)CCOCCNC(=O)N1CCOC(CC(=O)O)C1. The third kappa shape index (κ3) is 7.84. The van der Waals surface area contributed by atoms with Gasteiger partial charge in [-0.25, -0.2) is 4.79 Å². The van der Waals surface area contributed by atoms with E-state index in [2.05, 4.69) is 5.32 Å². The van der Waals surface area contributed by atoms with Gasteiger partial charge in [-0.3, -0.25) is 4.79 Å². The van der Waals surface area contributed by atoms with Gasteiger partial charge < -0.3 is 29.7 Å². The number of morpholine rings is 1. The van der Waals surface area contributed by atoms with Gasteiger partial charge in [0.15, 0.2) is 0 Å². The molecule has 8 nitrogen and oxygen atoms in total. The molecule has 0 spiro atoms. The first-order valence-corrected chi connectivity index (χ1v) is 7.07. The van der Waals surface area contributed by atoms with E-state index in [0.29, 0.717) is 39.5 Å². The number of nitrogens with one attached hydrogen (secondary N) is 1. The predicted octanol–water partition coefficient (Wildman–Crippen LogP) is -0.550. The number of aliphatic carboxylic acids is 1. The molecule has 1 rings (SSSR count). The highest BCUT2D eigenvalue weighted by Crippen LogP contribution is 2.08. The first-order valence-electron chi connectivity index (χ1n) is 7.07. The molecule has 21 heavy (non-hydrogen) atoms. The van der Waals surface area contributed by atoms with E-state index < -0.39 is 12.1 Å². The van der Waals surface area contributed by atoms with Crippen molar-refractivity contribution in [1.82, 2.24) is 15.1 Å². The maximum atomic E-state index is 11.9. The fourth-order valence-electron chi connectivity index (χ4n) is 1.91. The fourth-order valence-corrected chi connectivity index (χ4v) is 1.91. The van der Waals surface area contributed by atoms with E-state index in [9.17, 15) is 9.59 Å². The number of carbonyl (C=O) groups excluding carboxylic acids is 1. The van der Waals surface area contributed by atoms with Crippen LogP contribution in [0.4, 0.5) is 4.79 Å². The Bertz CT molecular complexity index is 338. The van der Waals surface area contributed by atoms with Crippen LogP contribution in [-0.4, -0.2) is 93.1 Å². The number of rotatable bonds is 8. The third-order valence-electron chi connectivity index (χ3n) is 3.03. The van der Waals surface area contributed by atoms with Crippen molar-refractivity contribution in [1.29, 1.82) is 0 Å². The Morgan fingerprint density at radius 1 is 1.43 bits per heavy atom. The van der Waals surface area contributed by atoms with Crippen LogP contribution in [0.2, 0.25) is 0 Å². The van der Waals surface area contributed by atoms with E-state index in [4.69, 9.17) is 14.6 Å². The van der Waals surface area contributed by atoms with Gasteiger partial charge in [0.05, 0.1) is 32.3 Å². The summed E-state index contributed by atoms with van der Waals surface area (Å²) >= 11 is 0. The predicted molar refractivity (Wildman–Crippen MR) is 76.3 cm³/mol. The topological polar surface area (TPSA) is 91.3 Å². The molecule has 1 aliphatic rings. The summed E-state index contributed by atoms with van der Waals surface area (Å²) in [7, 11) is 3.94. The zero-order valence-corrected chi connectivity index (χ0v) is 12.7. The van der Waals surface area contributed by atoms with E-state index in [1.54, 1.807) is 4.90 Å². The highest BCUT2D eigenvalue weighted by molar-refractivity contribution is 5.74. The molecule has 122 valence electrons. The molecule has 0 aromatic rings. The Kier molecular flexibility index (Phi) is 8.03. The molecule has 8 heteroatoms. The number of ether oxygens (including phenoxy) is 2. The van der Waals surface area contributed by atoms with Gasteiger partial charge in [-0.1, -0.05) is 0 Å². The van der Waals surface area contributed by atoms with Crippen molar-refractivity contribution in [3.05, 3.63) is 0 Å². The van der Waals surface area contributed by atoms with Crippen molar-refractivity contribution in [3.8, 4) is 0 Å². The average Bonchev–Trinajstić information content (AvgIpc) is 2.41. The van der Waals surface area contributed by atoms with Crippen molar-refractivity contribution in [2.75, 3.05) is 60.1 Å². The molecule has 1 fully saturated rings. The summed E-state index contributed by atoms with van der Waals surface area (Å²) in [5.41, 5.74) is 0. The number of carboxylic acids is 1. The van der Waals surface area contributed by atoms with E-state index in [1.807, 2.05) is 19.0 Å². The second-order valence-corrected chi connectivity index (χ2v) is 5.18. The Balaban J connectivity index is 2.15. The molecule has 0 aromatic heterocycles. The molecule has 0 aromatic carbocycles. The van der Waals surface area contributed by atoms with Crippen LogP contribution in [0.3, 0.4) is 0 Å². The van der Waals surface area contributed by atoms with Gasteiger partial charge in [0, 0.05) is 26.2 Å². The average molecular weight is 303 g/mol. The third-order valence-corrected chi connectivity index (χ3v) is 3.03. The molecule has 0 bridgehead atoms. The molecule has 2 amide bonds. The highest BCUT2D eigenvalue weighted by atomic mass is 16.5. The normalized spacial score (nSPS) is 18.8. The number of hydrogen-bond donors (Lipinski definition) is 2. The lowest BCUT2D eigenvalue weighted by Crippen LogP contribution is -2.50. The zero-order valence-electron chi connectivity index (χ0n) is 12.7. The van der Waals surface area contributed by atoms with Crippen LogP contribution in [0.15, 0.2) is 0 Å². The van der Waals surface area contributed by atoms with Gasteiger partial charge in [-0.05, 0) is 14.1 Å². The number of likely N-dealkylation sites (N-methyl/N-ethyl adjacent to an activating group) is 1. The Morgan fingerprint density at radius 2 is 2.19 bits per heavy atom. The summed E-state index contributed by atoms with van der Waals surface area (Å²) in [4.78, 5) is 26.2. The molecule has 0 aliphatic carbocycles. The monoisotopic (exact) mass is 303 g/mol. The first-order chi connectivity index (χ1) is 9.99. The number of carboxylic acid groups (broad SMARTS) is 1. The van der Waals surface area contributed by atoms with Crippen molar-refractivity contribution in [2.45, 2.75) is 12.5 Å². The van der Waals surface area contributed by atoms with Crippen molar-refractivity contribution >= 4 is 12.0 Å². The zero-order chi connectivity index (χ0) is 15.7. The number of nitrogens with zero attached hydrogens (tertiary/aromatic N) is 2. The van der Waals surface area contributed by atoms with Crippen molar-refractivity contribution in [3.63, 3.8) is 0 Å². The summed E-state index contributed by atoms with van der Waals surface area (Å²) in [5.74, 6) is -0.920. The molecule has 1 aliphatic heterocycles. The maximum absolute atomic E-state index is 11.9. The second-order valence-electron chi connectivity index (χ2n) is 5.18. The highest BCUT2D eigenvalue weighted by Gasteiger charge is 2.25. The Morgan fingerprint density at radius 3 is 2.86 bits per heavy atom. The minimum atomic E-state index is -0.920. The van der Waals surface area contributed by atoms with E-state index >= 15 is 0 Å².